The minimum absolute atomic E-state index is 0.859. The predicted octanol–water partition coefficient (Wildman–Crippen LogP) is 13.2. The molecule has 2 heteroatoms. The number of anilines is 3. The number of hydrogen-bond donors (Lipinski definition) is 0. The van der Waals surface area contributed by atoms with Gasteiger partial charge in [-0.15, -0.1) is 0 Å². The van der Waals surface area contributed by atoms with Crippen molar-refractivity contribution in [3.8, 4) is 33.4 Å². The highest BCUT2D eigenvalue weighted by atomic mass is 16.3. The molecule has 0 aliphatic carbocycles. The van der Waals surface area contributed by atoms with Crippen molar-refractivity contribution < 1.29 is 4.42 Å². The molecular formula is C46H31NO. The zero-order valence-corrected chi connectivity index (χ0v) is 26.3. The Kier molecular flexibility index (Phi) is 6.84. The first-order valence-corrected chi connectivity index (χ1v) is 16.4. The van der Waals surface area contributed by atoms with Gasteiger partial charge in [-0.05, 0) is 86.6 Å². The van der Waals surface area contributed by atoms with Gasteiger partial charge < -0.3 is 9.32 Å². The van der Waals surface area contributed by atoms with E-state index in [1.807, 2.05) is 0 Å². The highest BCUT2D eigenvalue weighted by Gasteiger charge is 2.22. The van der Waals surface area contributed by atoms with Crippen molar-refractivity contribution in [1.29, 1.82) is 0 Å². The number of para-hydroxylation sites is 2. The molecule has 1 heterocycles. The van der Waals surface area contributed by atoms with Crippen LogP contribution in [0.4, 0.5) is 17.1 Å². The molecule has 0 atom stereocenters. The Hall–Kier alpha value is -6.38. The van der Waals surface area contributed by atoms with Gasteiger partial charge in [0, 0.05) is 22.1 Å². The van der Waals surface area contributed by atoms with Crippen LogP contribution in [0, 0.1) is 0 Å². The Morgan fingerprint density at radius 3 is 1.50 bits per heavy atom. The van der Waals surface area contributed by atoms with Crippen molar-refractivity contribution in [3.63, 3.8) is 0 Å². The van der Waals surface area contributed by atoms with Crippen LogP contribution >= 0.6 is 0 Å². The first-order valence-electron chi connectivity index (χ1n) is 16.4. The quantitative estimate of drug-likeness (QED) is 0.185. The van der Waals surface area contributed by atoms with Crippen molar-refractivity contribution in [2.75, 3.05) is 4.90 Å². The fraction of sp³-hybridized carbons (Fsp3) is 0. The Morgan fingerprint density at radius 1 is 0.354 bits per heavy atom. The van der Waals surface area contributed by atoms with Crippen molar-refractivity contribution >= 4 is 49.8 Å². The number of hydrogen-bond acceptors (Lipinski definition) is 2. The third kappa shape index (κ3) is 4.83. The summed E-state index contributed by atoms with van der Waals surface area (Å²) in [6.45, 7) is 0. The van der Waals surface area contributed by atoms with Gasteiger partial charge in [-0.1, -0.05) is 146 Å². The third-order valence-electron chi connectivity index (χ3n) is 9.21. The van der Waals surface area contributed by atoms with Crippen molar-refractivity contribution in [1.82, 2.24) is 0 Å². The van der Waals surface area contributed by atoms with Crippen LogP contribution in [0.3, 0.4) is 0 Å². The average Bonchev–Trinajstić information content (AvgIpc) is 3.56. The van der Waals surface area contributed by atoms with E-state index in [4.69, 9.17) is 4.42 Å². The molecule has 0 saturated carbocycles. The Balaban J connectivity index is 1.33. The third-order valence-corrected chi connectivity index (χ3v) is 9.21. The van der Waals surface area contributed by atoms with Gasteiger partial charge >= 0.3 is 0 Å². The molecule has 48 heavy (non-hydrogen) atoms. The molecule has 0 saturated heterocycles. The van der Waals surface area contributed by atoms with Gasteiger partial charge in [-0.25, -0.2) is 0 Å². The molecule has 1 aromatic heterocycles. The molecule has 8 aromatic carbocycles. The molecule has 0 fully saturated rings. The van der Waals surface area contributed by atoms with Crippen LogP contribution in [0.25, 0.3) is 66.1 Å². The van der Waals surface area contributed by atoms with E-state index in [1.54, 1.807) is 0 Å². The molecule has 0 aliphatic heterocycles. The van der Waals surface area contributed by atoms with Crippen molar-refractivity contribution in [2.45, 2.75) is 0 Å². The lowest BCUT2D eigenvalue weighted by molar-refractivity contribution is 0.669. The minimum atomic E-state index is 0.859. The topological polar surface area (TPSA) is 16.4 Å². The molecule has 0 N–H and O–H groups in total. The smallest absolute Gasteiger partial charge is 0.159 e. The van der Waals surface area contributed by atoms with Crippen LogP contribution in [0.2, 0.25) is 0 Å². The van der Waals surface area contributed by atoms with Gasteiger partial charge in [-0.3, -0.25) is 0 Å². The van der Waals surface area contributed by atoms with Gasteiger partial charge in [-0.2, -0.15) is 0 Å². The number of rotatable bonds is 6. The van der Waals surface area contributed by atoms with Gasteiger partial charge in [0.1, 0.15) is 5.58 Å². The van der Waals surface area contributed by atoms with Crippen molar-refractivity contribution in [2.24, 2.45) is 0 Å². The second kappa shape index (κ2) is 11.8. The predicted molar refractivity (Wildman–Crippen MR) is 202 cm³/mol. The van der Waals surface area contributed by atoms with E-state index in [-0.39, 0.29) is 0 Å². The lowest BCUT2D eigenvalue weighted by atomic mass is 9.95. The summed E-state index contributed by atoms with van der Waals surface area (Å²) >= 11 is 0. The van der Waals surface area contributed by atoms with Crippen molar-refractivity contribution in [3.05, 3.63) is 188 Å². The highest BCUT2D eigenvalue weighted by molar-refractivity contribution is 6.23. The van der Waals surface area contributed by atoms with Crippen LogP contribution < -0.4 is 4.90 Å². The summed E-state index contributed by atoms with van der Waals surface area (Å²) < 4.78 is 6.97. The molecule has 0 bridgehead atoms. The number of fused-ring (bicyclic) bond motifs is 5. The van der Waals surface area contributed by atoms with Crippen LogP contribution in [0.15, 0.2) is 192 Å². The maximum atomic E-state index is 6.97. The first-order chi connectivity index (χ1) is 23.8. The molecule has 0 spiro atoms. The summed E-state index contributed by atoms with van der Waals surface area (Å²) in [4.78, 5) is 2.34. The average molecular weight is 614 g/mol. The molecule has 0 amide bonds. The Morgan fingerprint density at radius 2 is 0.875 bits per heavy atom. The number of benzene rings is 8. The van der Waals surface area contributed by atoms with Crippen LogP contribution in [0.5, 0.6) is 0 Å². The number of nitrogens with zero attached hydrogens (tertiary/aromatic N) is 1. The zero-order valence-electron chi connectivity index (χ0n) is 26.3. The fourth-order valence-electron chi connectivity index (χ4n) is 7.02. The maximum absolute atomic E-state index is 6.97. The Labute approximate surface area is 279 Å². The van der Waals surface area contributed by atoms with E-state index in [0.717, 1.165) is 50.1 Å². The summed E-state index contributed by atoms with van der Waals surface area (Å²) in [6.07, 6.45) is 0. The standard InChI is InChI=1S/C46H31NO/c1-5-16-32(17-6-1)35-28-36(33-18-7-2-8-19-33)30-38(29-35)47(37-22-11-4-12-23-37)43-27-15-26-41-45-40-25-14-13-24-39(40)42(31-44(45)48-46(41)43)34-20-9-3-10-21-34/h1-31H. The van der Waals surface area contributed by atoms with Gasteiger partial charge in [0.2, 0.25) is 0 Å². The summed E-state index contributed by atoms with van der Waals surface area (Å²) in [5.74, 6) is 0. The SMILES string of the molecule is c1ccc(-c2cc(-c3ccccc3)cc(N(c3ccccc3)c3cccc4c3oc3cc(-c5ccccc5)c5ccccc5c34)c2)cc1. The maximum Gasteiger partial charge on any atom is 0.159 e. The monoisotopic (exact) mass is 613 g/mol. The molecule has 9 aromatic rings. The highest BCUT2D eigenvalue weighted by Crippen LogP contribution is 2.46. The van der Waals surface area contributed by atoms with E-state index < -0.39 is 0 Å². The molecule has 226 valence electrons. The second-order valence-corrected chi connectivity index (χ2v) is 12.1. The lowest BCUT2D eigenvalue weighted by Gasteiger charge is -2.27. The normalized spacial score (nSPS) is 11.3. The molecule has 0 radical (unpaired) electrons. The molecule has 0 aliphatic rings. The van der Waals surface area contributed by atoms with Gasteiger partial charge in [0.25, 0.3) is 0 Å². The Bertz CT molecular complexity index is 2480. The van der Waals surface area contributed by atoms with E-state index in [9.17, 15) is 0 Å². The number of furan rings is 1. The molecule has 9 rings (SSSR count). The minimum Gasteiger partial charge on any atom is -0.454 e. The molecule has 2 nitrogen and oxygen atoms in total. The van der Waals surface area contributed by atoms with Crippen LogP contribution in [0.1, 0.15) is 0 Å². The fourth-order valence-corrected chi connectivity index (χ4v) is 7.02. The first kappa shape index (κ1) is 27.9. The zero-order chi connectivity index (χ0) is 31.9. The summed E-state index contributed by atoms with van der Waals surface area (Å²) in [5.41, 5.74) is 11.8. The van der Waals surface area contributed by atoms with Gasteiger partial charge in [0.05, 0.1) is 5.69 Å². The largest absolute Gasteiger partial charge is 0.454 e. The van der Waals surface area contributed by atoms with E-state index in [1.165, 1.54) is 33.0 Å². The van der Waals surface area contributed by atoms with Gasteiger partial charge in [0.15, 0.2) is 5.58 Å². The summed E-state index contributed by atoms with van der Waals surface area (Å²) in [6, 6.07) is 66.7. The van der Waals surface area contributed by atoms with Crippen LogP contribution in [-0.2, 0) is 0 Å². The summed E-state index contributed by atoms with van der Waals surface area (Å²) in [5, 5.41) is 4.64. The second-order valence-electron chi connectivity index (χ2n) is 12.1. The van der Waals surface area contributed by atoms with E-state index in [0.29, 0.717) is 0 Å². The van der Waals surface area contributed by atoms with Crippen LogP contribution in [-0.4, -0.2) is 0 Å². The molecule has 0 unspecified atom stereocenters. The summed E-state index contributed by atoms with van der Waals surface area (Å²) in [7, 11) is 0. The lowest BCUT2D eigenvalue weighted by Crippen LogP contribution is -2.10. The molecular weight excluding hydrogens is 583 g/mol. The van der Waals surface area contributed by atoms with E-state index >= 15 is 0 Å². The van der Waals surface area contributed by atoms with E-state index in [2.05, 4.69) is 193 Å².